The van der Waals surface area contributed by atoms with Gasteiger partial charge in [-0.15, -0.1) is 10.2 Å². The van der Waals surface area contributed by atoms with Crippen molar-refractivity contribution in [3.8, 4) is 22.6 Å². The molecule has 0 radical (unpaired) electrons. The fourth-order valence-electron chi connectivity index (χ4n) is 2.92. The molecule has 0 aliphatic carbocycles. The zero-order chi connectivity index (χ0) is 19.6. The zero-order valence-electron chi connectivity index (χ0n) is 15.1. The van der Waals surface area contributed by atoms with E-state index in [1.54, 1.807) is 16.9 Å². The molecule has 0 atom stereocenters. The second-order valence-electron chi connectivity index (χ2n) is 6.33. The van der Waals surface area contributed by atoms with Gasteiger partial charge in [0.2, 0.25) is 0 Å². The van der Waals surface area contributed by atoms with Gasteiger partial charge >= 0.3 is 0 Å². The van der Waals surface area contributed by atoms with Crippen LogP contribution in [0.1, 0.15) is 10.5 Å². The summed E-state index contributed by atoms with van der Waals surface area (Å²) in [5.74, 6) is 0.203. The lowest BCUT2D eigenvalue weighted by molar-refractivity contribution is 0.101. The molecule has 0 saturated carbocycles. The van der Waals surface area contributed by atoms with Crippen molar-refractivity contribution in [3.63, 3.8) is 0 Å². The van der Waals surface area contributed by atoms with Crippen LogP contribution in [0.3, 0.4) is 0 Å². The van der Waals surface area contributed by atoms with Gasteiger partial charge in [0.25, 0.3) is 5.91 Å². The van der Waals surface area contributed by atoms with E-state index >= 15 is 0 Å². The number of hydrogen-bond acceptors (Lipinski definition) is 6. The minimum Gasteiger partial charge on any atom is -0.355 e. The first-order valence-corrected chi connectivity index (χ1v) is 8.87. The van der Waals surface area contributed by atoms with Gasteiger partial charge in [0.15, 0.2) is 17.1 Å². The molecule has 140 valence electrons. The van der Waals surface area contributed by atoms with Crippen LogP contribution in [0, 0.1) is 0 Å². The molecule has 8 nitrogen and oxygen atoms in total. The van der Waals surface area contributed by atoms with Crippen LogP contribution in [-0.4, -0.2) is 30.9 Å². The fraction of sp³-hybridized carbons (Fsp3) is 0. The molecule has 0 aliphatic rings. The number of anilines is 1. The molecule has 0 spiro atoms. The maximum Gasteiger partial charge on any atom is 0.277 e. The Morgan fingerprint density at radius 3 is 2.59 bits per heavy atom. The maximum atomic E-state index is 12.5. The summed E-state index contributed by atoms with van der Waals surface area (Å²) < 4.78 is 6.89. The third kappa shape index (κ3) is 3.34. The molecular weight excluding hydrogens is 368 g/mol. The number of carbonyl (C=O) groups is 1. The van der Waals surface area contributed by atoms with E-state index in [0.717, 1.165) is 16.8 Å². The second kappa shape index (κ2) is 7.01. The van der Waals surface area contributed by atoms with Gasteiger partial charge in [-0.25, -0.2) is 0 Å². The minimum absolute atomic E-state index is 0.215. The highest BCUT2D eigenvalue weighted by atomic mass is 16.5. The smallest absolute Gasteiger partial charge is 0.277 e. The molecule has 1 N–H and O–H groups in total. The number of rotatable bonds is 4. The van der Waals surface area contributed by atoms with Gasteiger partial charge in [0, 0.05) is 22.9 Å². The van der Waals surface area contributed by atoms with Gasteiger partial charge in [-0.2, -0.15) is 9.61 Å². The summed E-state index contributed by atoms with van der Waals surface area (Å²) in [4.78, 5) is 12.5. The Kier molecular flexibility index (Phi) is 4.06. The average Bonchev–Trinajstić information content (AvgIpc) is 3.44. The molecule has 0 saturated heterocycles. The quantitative estimate of drug-likeness (QED) is 0.509. The number of nitrogens with zero attached hydrogens (tertiary/aromatic N) is 5. The Morgan fingerprint density at radius 1 is 0.931 bits per heavy atom. The van der Waals surface area contributed by atoms with Gasteiger partial charge in [-0.3, -0.25) is 4.79 Å². The van der Waals surface area contributed by atoms with Crippen LogP contribution in [0.25, 0.3) is 28.2 Å². The molecular formula is C21H14N6O2. The van der Waals surface area contributed by atoms with Crippen molar-refractivity contribution >= 4 is 17.2 Å². The van der Waals surface area contributed by atoms with Gasteiger partial charge in [0.1, 0.15) is 6.33 Å². The lowest BCUT2D eigenvalue weighted by atomic mass is 10.1. The Morgan fingerprint density at radius 2 is 1.76 bits per heavy atom. The van der Waals surface area contributed by atoms with Gasteiger partial charge in [0.05, 0.1) is 5.69 Å². The summed E-state index contributed by atoms with van der Waals surface area (Å²) >= 11 is 0. The third-order valence-corrected chi connectivity index (χ3v) is 4.40. The molecule has 8 heteroatoms. The van der Waals surface area contributed by atoms with E-state index in [1.165, 1.54) is 0 Å². The van der Waals surface area contributed by atoms with E-state index in [9.17, 15) is 4.79 Å². The summed E-state index contributed by atoms with van der Waals surface area (Å²) in [5, 5.41) is 18.9. The molecule has 1 amide bonds. The van der Waals surface area contributed by atoms with Crippen molar-refractivity contribution in [2.75, 3.05) is 5.32 Å². The van der Waals surface area contributed by atoms with Crippen LogP contribution in [0.2, 0.25) is 0 Å². The molecule has 5 rings (SSSR count). The molecule has 29 heavy (non-hydrogen) atoms. The van der Waals surface area contributed by atoms with Gasteiger partial charge < -0.3 is 9.84 Å². The average molecular weight is 382 g/mol. The van der Waals surface area contributed by atoms with Crippen LogP contribution in [-0.2, 0) is 0 Å². The van der Waals surface area contributed by atoms with Crippen molar-refractivity contribution in [1.29, 1.82) is 0 Å². The lowest BCUT2D eigenvalue weighted by Crippen LogP contribution is -2.12. The number of amides is 1. The predicted octanol–water partition coefficient (Wildman–Crippen LogP) is 3.70. The molecule has 3 heterocycles. The van der Waals surface area contributed by atoms with Gasteiger partial charge in [-0.05, 0) is 24.3 Å². The molecule has 3 aromatic heterocycles. The van der Waals surface area contributed by atoms with Crippen LogP contribution >= 0.6 is 0 Å². The standard InChI is InChI=1S/C21H14N6O2/c28-21(18-12-19(29-26-18)15-4-2-1-3-5-15)23-16-8-6-14(7-9-16)17-10-11-20-24-22-13-27(20)25-17/h1-13H,(H,23,28). The normalized spacial score (nSPS) is 10.9. The second-order valence-corrected chi connectivity index (χ2v) is 6.33. The van der Waals surface area contributed by atoms with Crippen molar-refractivity contribution in [3.05, 3.63) is 84.8 Å². The van der Waals surface area contributed by atoms with Gasteiger partial charge in [-0.1, -0.05) is 47.6 Å². The monoisotopic (exact) mass is 382 g/mol. The van der Waals surface area contributed by atoms with Crippen LogP contribution in [0.15, 0.2) is 83.6 Å². The fourth-order valence-corrected chi connectivity index (χ4v) is 2.92. The van der Waals surface area contributed by atoms with Crippen LogP contribution in [0.5, 0.6) is 0 Å². The third-order valence-electron chi connectivity index (χ3n) is 4.40. The SMILES string of the molecule is O=C(Nc1ccc(-c2ccc3nncn3n2)cc1)c1cc(-c2ccccc2)on1. The largest absolute Gasteiger partial charge is 0.355 e. The summed E-state index contributed by atoms with van der Waals surface area (Å²) in [6.07, 6.45) is 1.55. The molecule has 5 aromatic rings. The highest BCUT2D eigenvalue weighted by molar-refractivity contribution is 6.03. The van der Waals surface area contributed by atoms with E-state index in [-0.39, 0.29) is 11.6 Å². The summed E-state index contributed by atoms with van der Waals surface area (Å²) in [5.41, 5.74) is 4.09. The molecule has 0 unspecified atom stereocenters. The Hall–Kier alpha value is -4.33. The summed E-state index contributed by atoms with van der Waals surface area (Å²) in [6.45, 7) is 0. The minimum atomic E-state index is -0.340. The number of hydrogen-bond donors (Lipinski definition) is 1. The van der Waals surface area contributed by atoms with E-state index in [4.69, 9.17) is 4.52 Å². The van der Waals surface area contributed by atoms with Crippen LogP contribution < -0.4 is 5.32 Å². The van der Waals surface area contributed by atoms with E-state index in [1.807, 2.05) is 66.7 Å². The molecule has 0 bridgehead atoms. The predicted molar refractivity (Wildman–Crippen MR) is 106 cm³/mol. The lowest BCUT2D eigenvalue weighted by Gasteiger charge is -2.05. The maximum absolute atomic E-state index is 12.5. The first-order valence-electron chi connectivity index (χ1n) is 8.87. The Labute approximate surface area is 164 Å². The van der Waals surface area contributed by atoms with Crippen molar-refractivity contribution in [1.82, 2.24) is 25.0 Å². The topological polar surface area (TPSA) is 98.2 Å². The number of carbonyl (C=O) groups excluding carboxylic acids is 1. The number of benzene rings is 2. The van der Waals surface area contributed by atoms with Crippen molar-refractivity contribution < 1.29 is 9.32 Å². The molecule has 0 fully saturated rings. The zero-order valence-corrected chi connectivity index (χ0v) is 15.1. The van der Waals surface area contributed by atoms with Crippen molar-refractivity contribution in [2.45, 2.75) is 0 Å². The van der Waals surface area contributed by atoms with Crippen LogP contribution in [0.4, 0.5) is 5.69 Å². The van der Waals surface area contributed by atoms with E-state index < -0.39 is 0 Å². The summed E-state index contributed by atoms with van der Waals surface area (Å²) in [6, 6.07) is 22.2. The first-order chi connectivity index (χ1) is 14.3. The Bertz CT molecular complexity index is 1290. The number of nitrogens with one attached hydrogen (secondary N) is 1. The highest BCUT2D eigenvalue weighted by Gasteiger charge is 2.14. The van der Waals surface area contributed by atoms with E-state index in [2.05, 4.69) is 25.8 Å². The highest BCUT2D eigenvalue weighted by Crippen LogP contribution is 2.22. The first kappa shape index (κ1) is 16.8. The molecule has 0 aliphatic heterocycles. The van der Waals surface area contributed by atoms with Crippen molar-refractivity contribution in [2.24, 2.45) is 0 Å². The number of aromatic nitrogens is 5. The van der Waals surface area contributed by atoms with E-state index in [0.29, 0.717) is 17.1 Å². The molecule has 2 aromatic carbocycles. The summed E-state index contributed by atoms with van der Waals surface area (Å²) in [7, 11) is 0. The number of fused-ring (bicyclic) bond motifs is 1. The Balaban J connectivity index is 1.32.